The van der Waals surface area contributed by atoms with Crippen LogP contribution in [0.2, 0.25) is 0 Å². The minimum absolute atomic E-state index is 0.341. The second kappa shape index (κ2) is 6.12. The van der Waals surface area contributed by atoms with Gasteiger partial charge in [-0.2, -0.15) is 5.26 Å². The number of rotatable bonds is 5. The molecule has 0 N–H and O–H groups in total. The van der Waals surface area contributed by atoms with Crippen molar-refractivity contribution in [2.24, 2.45) is 0 Å². The summed E-state index contributed by atoms with van der Waals surface area (Å²) < 4.78 is 13.3. The van der Waals surface area contributed by atoms with Crippen LogP contribution in [0.3, 0.4) is 0 Å². The minimum atomic E-state index is -0.341. The Labute approximate surface area is 96.3 Å². The van der Waals surface area contributed by atoms with E-state index in [1.54, 1.807) is 6.07 Å². The molecule has 3 heteroatoms. The Morgan fingerprint density at radius 1 is 1.19 bits per heavy atom. The lowest BCUT2D eigenvalue weighted by Gasteiger charge is -2.23. The summed E-state index contributed by atoms with van der Waals surface area (Å²) in [5.41, 5.74) is 1.19. The van der Waals surface area contributed by atoms with E-state index in [9.17, 15) is 4.39 Å². The van der Waals surface area contributed by atoms with Gasteiger partial charge in [0, 0.05) is 18.8 Å². The van der Waals surface area contributed by atoms with E-state index < -0.39 is 0 Å². The molecule has 0 amide bonds. The third-order valence-corrected chi connectivity index (χ3v) is 2.36. The minimum Gasteiger partial charge on any atom is -0.371 e. The SMILES string of the molecule is CCCN(CCC)c1cc(F)cc(C#N)c1. The second-order valence-corrected chi connectivity index (χ2v) is 3.80. The maximum absolute atomic E-state index is 13.3. The van der Waals surface area contributed by atoms with Crippen molar-refractivity contribution in [3.63, 3.8) is 0 Å². The summed E-state index contributed by atoms with van der Waals surface area (Å²) in [4.78, 5) is 2.12. The van der Waals surface area contributed by atoms with Crippen molar-refractivity contribution in [3.8, 4) is 6.07 Å². The first-order valence-electron chi connectivity index (χ1n) is 5.66. The lowest BCUT2D eigenvalue weighted by atomic mass is 10.2. The molecule has 0 atom stereocenters. The molecule has 0 radical (unpaired) electrons. The van der Waals surface area contributed by atoms with Crippen molar-refractivity contribution in [2.45, 2.75) is 26.7 Å². The molecule has 86 valence electrons. The normalized spacial score (nSPS) is 9.88. The van der Waals surface area contributed by atoms with Gasteiger partial charge in [-0.25, -0.2) is 4.39 Å². The molecular weight excluding hydrogens is 203 g/mol. The molecule has 1 aromatic carbocycles. The van der Waals surface area contributed by atoms with Gasteiger partial charge in [-0.1, -0.05) is 13.8 Å². The van der Waals surface area contributed by atoms with Gasteiger partial charge < -0.3 is 4.90 Å². The fraction of sp³-hybridized carbons (Fsp3) is 0.462. The molecule has 16 heavy (non-hydrogen) atoms. The molecule has 2 nitrogen and oxygen atoms in total. The highest BCUT2D eigenvalue weighted by Gasteiger charge is 2.07. The van der Waals surface area contributed by atoms with Crippen molar-refractivity contribution in [1.29, 1.82) is 5.26 Å². The standard InChI is InChI=1S/C13H17FN2/c1-3-5-16(6-4-2)13-8-11(10-15)7-12(14)9-13/h7-9H,3-6H2,1-2H3. The van der Waals surface area contributed by atoms with E-state index in [1.165, 1.54) is 12.1 Å². The first-order chi connectivity index (χ1) is 7.71. The van der Waals surface area contributed by atoms with Gasteiger partial charge in [-0.3, -0.25) is 0 Å². The molecule has 0 bridgehead atoms. The largest absolute Gasteiger partial charge is 0.371 e. The molecule has 0 aliphatic rings. The second-order valence-electron chi connectivity index (χ2n) is 3.80. The van der Waals surface area contributed by atoms with Gasteiger partial charge in [0.25, 0.3) is 0 Å². The number of anilines is 1. The van der Waals surface area contributed by atoms with Crippen molar-refractivity contribution in [3.05, 3.63) is 29.6 Å². The van der Waals surface area contributed by atoms with E-state index in [0.29, 0.717) is 5.56 Å². The molecule has 0 spiro atoms. The van der Waals surface area contributed by atoms with Gasteiger partial charge in [0.05, 0.1) is 11.6 Å². The lowest BCUT2D eigenvalue weighted by Crippen LogP contribution is -2.25. The Hall–Kier alpha value is -1.56. The number of nitriles is 1. The quantitative estimate of drug-likeness (QED) is 0.761. The van der Waals surface area contributed by atoms with E-state index in [1.807, 2.05) is 6.07 Å². The Morgan fingerprint density at radius 3 is 2.31 bits per heavy atom. The third kappa shape index (κ3) is 3.23. The molecule has 0 fully saturated rings. The molecular formula is C13H17FN2. The number of benzene rings is 1. The summed E-state index contributed by atoms with van der Waals surface area (Å²) in [7, 11) is 0. The topological polar surface area (TPSA) is 27.0 Å². The first-order valence-corrected chi connectivity index (χ1v) is 5.66. The molecule has 1 aromatic rings. The van der Waals surface area contributed by atoms with Crippen LogP contribution in [0.5, 0.6) is 0 Å². The zero-order valence-electron chi connectivity index (χ0n) is 9.83. The van der Waals surface area contributed by atoms with E-state index in [2.05, 4.69) is 18.7 Å². The van der Waals surface area contributed by atoms with Crippen LogP contribution in [0.25, 0.3) is 0 Å². The van der Waals surface area contributed by atoms with Crippen LogP contribution >= 0.6 is 0 Å². The summed E-state index contributed by atoms with van der Waals surface area (Å²) in [6.45, 7) is 5.96. The summed E-state index contributed by atoms with van der Waals surface area (Å²) in [6, 6.07) is 6.48. The van der Waals surface area contributed by atoms with Crippen LogP contribution < -0.4 is 4.90 Å². The number of nitrogens with zero attached hydrogens (tertiary/aromatic N) is 2. The highest BCUT2D eigenvalue weighted by molar-refractivity contribution is 5.51. The zero-order valence-corrected chi connectivity index (χ0v) is 9.83. The van der Waals surface area contributed by atoms with Crippen molar-refractivity contribution in [2.75, 3.05) is 18.0 Å². The molecule has 0 saturated carbocycles. The summed E-state index contributed by atoms with van der Waals surface area (Å²) in [5.74, 6) is -0.341. The lowest BCUT2D eigenvalue weighted by molar-refractivity contribution is 0.625. The Kier molecular flexibility index (Phi) is 4.78. The number of halogens is 1. The van der Waals surface area contributed by atoms with Crippen LogP contribution in [-0.2, 0) is 0 Å². The zero-order chi connectivity index (χ0) is 12.0. The predicted molar refractivity (Wildman–Crippen MR) is 63.9 cm³/mol. The van der Waals surface area contributed by atoms with Crippen molar-refractivity contribution < 1.29 is 4.39 Å². The number of hydrogen-bond acceptors (Lipinski definition) is 2. The molecule has 0 aromatic heterocycles. The van der Waals surface area contributed by atoms with E-state index in [-0.39, 0.29) is 5.82 Å². The summed E-state index contributed by atoms with van der Waals surface area (Å²) in [5, 5.41) is 8.79. The molecule has 0 aliphatic carbocycles. The Balaban J connectivity index is 2.99. The highest BCUT2D eigenvalue weighted by atomic mass is 19.1. The van der Waals surface area contributed by atoms with Crippen molar-refractivity contribution >= 4 is 5.69 Å². The van der Waals surface area contributed by atoms with Gasteiger partial charge in [0.2, 0.25) is 0 Å². The van der Waals surface area contributed by atoms with Crippen LogP contribution in [0.15, 0.2) is 18.2 Å². The summed E-state index contributed by atoms with van der Waals surface area (Å²) in [6.07, 6.45) is 2.02. The molecule has 0 unspecified atom stereocenters. The van der Waals surface area contributed by atoms with Crippen LogP contribution in [0, 0.1) is 17.1 Å². The van der Waals surface area contributed by atoms with E-state index >= 15 is 0 Å². The maximum Gasteiger partial charge on any atom is 0.126 e. The molecule has 0 heterocycles. The van der Waals surface area contributed by atoms with Crippen LogP contribution in [-0.4, -0.2) is 13.1 Å². The summed E-state index contributed by atoms with van der Waals surface area (Å²) >= 11 is 0. The van der Waals surface area contributed by atoms with Crippen molar-refractivity contribution in [1.82, 2.24) is 0 Å². The average molecular weight is 220 g/mol. The van der Waals surface area contributed by atoms with Gasteiger partial charge >= 0.3 is 0 Å². The van der Waals surface area contributed by atoms with Gasteiger partial charge in [-0.05, 0) is 31.0 Å². The third-order valence-electron chi connectivity index (χ3n) is 2.36. The monoisotopic (exact) mass is 220 g/mol. The average Bonchev–Trinajstić information content (AvgIpc) is 2.28. The predicted octanol–water partition coefficient (Wildman–Crippen LogP) is 3.32. The van der Waals surface area contributed by atoms with Crippen LogP contribution in [0.4, 0.5) is 10.1 Å². The molecule has 1 rings (SSSR count). The first kappa shape index (κ1) is 12.5. The maximum atomic E-state index is 13.3. The highest BCUT2D eigenvalue weighted by Crippen LogP contribution is 2.19. The Bertz CT molecular complexity index is 376. The molecule has 0 aliphatic heterocycles. The van der Waals surface area contributed by atoms with E-state index in [4.69, 9.17) is 5.26 Å². The van der Waals surface area contributed by atoms with Gasteiger partial charge in [0.15, 0.2) is 0 Å². The fourth-order valence-electron chi connectivity index (χ4n) is 1.73. The number of hydrogen-bond donors (Lipinski definition) is 0. The molecule has 0 saturated heterocycles. The van der Waals surface area contributed by atoms with Crippen LogP contribution in [0.1, 0.15) is 32.3 Å². The Morgan fingerprint density at radius 2 is 1.81 bits per heavy atom. The smallest absolute Gasteiger partial charge is 0.126 e. The van der Waals surface area contributed by atoms with E-state index in [0.717, 1.165) is 31.6 Å². The van der Waals surface area contributed by atoms with Gasteiger partial charge in [-0.15, -0.1) is 0 Å². The fourth-order valence-corrected chi connectivity index (χ4v) is 1.73. The van der Waals surface area contributed by atoms with Gasteiger partial charge in [0.1, 0.15) is 5.82 Å².